The van der Waals surface area contributed by atoms with E-state index in [-0.39, 0.29) is 0 Å². The number of likely N-dealkylation sites (N-methyl/N-ethyl adjacent to an activating group) is 1. The van der Waals surface area contributed by atoms with Crippen LogP contribution in [0, 0.1) is 0 Å². The topological polar surface area (TPSA) is 28.2 Å². The summed E-state index contributed by atoms with van der Waals surface area (Å²) in [5.41, 5.74) is 0.400. The first-order chi connectivity index (χ1) is 8.77. The summed E-state index contributed by atoms with van der Waals surface area (Å²) in [4.78, 5) is 7.84. The van der Waals surface area contributed by atoms with E-state index in [1.807, 2.05) is 0 Å². The van der Waals surface area contributed by atoms with Crippen molar-refractivity contribution in [2.24, 2.45) is 0 Å². The van der Waals surface area contributed by atoms with Gasteiger partial charge in [0, 0.05) is 38.8 Å². The highest BCUT2D eigenvalue weighted by molar-refractivity contribution is 5.12. The monoisotopic (exact) mass is 253 g/mol. The number of morpholine rings is 1. The molecule has 1 spiro atoms. The van der Waals surface area contributed by atoms with Crippen LogP contribution in [0.2, 0.25) is 0 Å². The summed E-state index contributed by atoms with van der Waals surface area (Å²) in [5, 5.41) is 0. The van der Waals surface area contributed by atoms with E-state index in [4.69, 9.17) is 9.47 Å². The first-order valence-electron chi connectivity index (χ1n) is 7.12. The van der Waals surface area contributed by atoms with Crippen molar-refractivity contribution < 1.29 is 9.47 Å². The molecule has 0 saturated carbocycles. The summed E-state index contributed by atoms with van der Waals surface area (Å²) in [6.45, 7) is 9.66. The summed E-state index contributed by atoms with van der Waals surface area (Å²) in [5.74, 6) is 0. The zero-order valence-electron chi connectivity index (χ0n) is 11.2. The van der Waals surface area contributed by atoms with E-state index >= 15 is 0 Å². The van der Waals surface area contributed by atoms with Crippen LogP contribution in [0.25, 0.3) is 0 Å². The van der Waals surface area contributed by atoms with Crippen molar-refractivity contribution in [3.63, 3.8) is 0 Å². The lowest BCUT2D eigenvalue weighted by Gasteiger charge is -2.65. The highest BCUT2D eigenvalue weighted by Gasteiger charge is 2.55. The van der Waals surface area contributed by atoms with Gasteiger partial charge < -0.3 is 14.4 Å². The molecule has 102 valence electrons. The third-order valence-electron chi connectivity index (χ3n) is 5.06. The van der Waals surface area contributed by atoms with Crippen molar-refractivity contribution in [1.29, 1.82) is 0 Å². The molecular formula is C13H23N3O2. The maximum Gasteiger partial charge on any atom is 0.0645 e. The second kappa shape index (κ2) is 4.15. The van der Waals surface area contributed by atoms with E-state index < -0.39 is 0 Å². The van der Waals surface area contributed by atoms with Crippen LogP contribution in [-0.4, -0.2) is 98.5 Å². The van der Waals surface area contributed by atoms with Gasteiger partial charge in [-0.3, -0.25) is 9.80 Å². The molecule has 0 aliphatic carbocycles. The average Bonchev–Trinajstić information content (AvgIpc) is 2.24. The summed E-state index contributed by atoms with van der Waals surface area (Å²) < 4.78 is 11.0. The fraction of sp³-hybridized carbons (Fsp3) is 1.00. The molecule has 4 fully saturated rings. The summed E-state index contributed by atoms with van der Waals surface area (Å²) >= 11 is 0. The largest absolute Gasteiger partial charge is 0.378 e. The maximum atomic E-state index is 5.65. The van der Waals surface area contributed by atoms with E-state index in [1.165, 1.54) is 19.6 Å². The number of piperazine rings is 1. The van der Waals surface area contributed by atoms with Crippen LogP contribution < -0.4 is 0 Å². The van der Waals surface area contributed by atoms with Gasteiger partial charge in [-0.2, -0.15) is 0 Å². The van der Waals surface area contributed by atoms with Crippen LogP contribution in [0.15, 0.2) is 0 Å². The molecule has 5 nitrogen and oxygen atoms in total. The molecule has 0 N–H and O–H groups in total. The quantitative estimate of drug-likeness (QED) is 0.603. The van der Waals surface area contributed by atoms with Gasteiger partial charge in [0.2, 0.25) is 0 Å². The van der Waals surface area contributed by atoms with Crippen LogP contribution >= 0.6 is 0 Å². The smallest absolute Gasteiger partial charge is 0.0645 e. The van der Waals surface area contributed by atoms with Crippen molar-refractivity contribution in [1.82, 2.24) is 14.7 Å². The first-order valence-corrected chi connectivity index (χ1v) is 7.12. The van der Waals surface area contributed by atoms with Crippen LogP contribution in [0.5, 0.6) is 0 Å². The highest BCUT2D eigenvalue weighted by Crippen LogP contribution is 2.37. The third-order valence-corrected chi connectivity index (χ3v) is 5.06. The Bertz CT molecular complexity index is 328. The number of nitrogens with zero attached hydrogens (tertiary/aromatic N) is 3. The number of hydrogen-bond donors (Lipinski definition) is 0. The van der Waals surface area contributed by atoms with Crippen molar-refractivity contribution >= 4 is 0 Å². The Balaban J connectivity index is 1.48. The molecule has 4 saturated heterocycles. The van der Waals surface area contributed by atoms with Crippen LogP contribution in [0.4, 0.5) is 0 Å². The molecule has 0 aromatic carbocycles. The van der Waals surface area contributed by atoms with Gasteiger partial charge in [0.25, 0.3) is 0 Å². The number of hydrogen-bond acceptors (Lipinski definition) is 5. The predicted octanol–water partition coefficient (Wildman–Crippen LogP) is -0.914. The van der Waals surface area contributed by atoms with E-state index in [0.717, 1.165) is 39.5 Å². The van der Waals surface area contributed by atoms with Gasteiger partial charge in [-0.15, -0.1) is 0 Å². The van der Waals surface area contributed by atoms with E-state index in [1.54, 1.807) is 0 Å². The minimum Gasteiger partial charge on any atom is -0.378 e. The van der Waals surface area contributed by atoms with Crippen molar-refractivity contribution in [2.75, 3.05) is 66.2 Å². The normalized spacial score (nSPS) is 38.2. The van der Waals surface area contributed by atoms with Gasteiger partial charge in [0.1, 0.15) is 0 Å². The van der Waals surface area contributed by atoms with Crippen LogP contribution in [-0.2, 0) is 9.47 Å². The fourth-order valence-corrected chi connectivity index (χ4v) is 4.13. The molecule has 4 heterocycles. The SMILES string of the molecule is CN1C[C@@H]2COCCN2C2(C1)CN(C1COC1)C2. The van der Waals surface area contributed by atoms with Crippen molar-refractivity contribution in [3.05, 3.63) is 0 Å². The fourth-order valence-electron chi connectivity index (χ4n) is 4.13. The van der Waals surface area contributed by atoms with Gasteiger partial charge in [-0.05, 0) is 7.05 Å². The zero-order chi connectivity index (χ0) is 12.2. The molecule has 18 heavy (non-hydrogen) atoms. The molecule has 0 unspecified atom stereocenters. The summed E-state index contributed by atoms with van der Waals surface area (Å²) in [6.07, 6.45) is 0. The molecule has 4 aliphatic heterocycles. The zero-order valence-corrected chi connectivity index (χ0v) is 11.2. The predicted molar refractivity (Wildman–Crippen MR) is 67.7 cm³/mol. The second-order valence-corrected chi connectivity index (χ2v) is 6.44. The Kier molecular flexibility index (Phi) is 2.68. The van der Waals surface area contributed by atoms with Crippen molar-refractivity contribution in [3.8, 4) is 0 Å². The molecule has 0 aromatic rings. The lowest BCUT2D eigenvalue weighted by atomic mass is 9.81. The Morgan fingerprint density at radius 2 is 1.78 bits per heavy atom. The molecule has 0 amide bonds. The maximum absolute atomic E-state index is 5.65. The van der Waals surface area contributed by atoms with Crippen LogP contribution in [0.1, 0.15) is 0 Å². The molecule has 0 aromatic heterocycles. The van der Waals surface area contributed by atoms with Gasteiger partial charge >= 0.3 is 0 Å². The minimum atomic E-state index is 0.400. The lowest BCUT2D eigenvalue weighted by molar-refractivity contribution is -0.194. The number of rotatable bonds is 1. The van der Waals surface area contributed by atoms with E-state index in [9.17, 15) is 0 Å². The standard InChI is InChI=1S/C13H23N3O2/c1-14-4-11-5-17-3-2-16(11)13(8-14)9-15(10-13)12-6-18-7-12/h11-12H,2-10H2,1H3/t11-/m1/s1. The molecule has 4 aliphatic rings. The van der Waals surface area contributed by atoms with E-state index in [2.05, 4.69) is 21.7 Å². The Morgan fingerprint density at radius 3 is 2.50 bits per heavy atom. The van der Waals surface area contributed by atoms with Gasteiger partial charge in [-0.25, -0.2) is 0 Å². The molecule has 1 atom stereocenters. The van der Waals surface area contributed by atoms with Crippen LogP contribution in [0.3, 0.4) is 0 Å². The van der Waals surface area contributed by atoms with Gasteiger partial charge in [-0.1, -0.05) is 0 Å². The molecule has 0 bridgehead atoms. The van der Waals surface area contributed by atoms with Crippen molar-refractivity contribution in [2.45, 2.75) is 17.6 Å². The lowest BCUT2D eigenvalue weighted by Crippen LogP contribution is -2.82. The van der Waals surface area contributed by atoms with Gasteiger partial charge in [0.15, 0.2) is 0 Å². The Hall–Kier alpha value is -0.200. The van der Waals surface area contributed by atoms with E-state index in [0.29, 0.717) is 17.6 Å². The number of likely N-dealkylation sites (tertiary alicyclic amines) is 1. The number of ether oxygens (including phenoxy) is 2. The highest BCUT2D eigenvalue weighted by atomic mass is 16.5. The second-order valence-electron chi connectivity index (χ2n) is 6.44. The summed E-state index contributed by atoms with van der Waals surface area (Å²) in [7, 11) is 2.25. The average molecular weight is 253 g/mol. The third kappa shape index (κ3) is 1.65. The summed E-state index contributed by atoms with van der Waals surface area (Å²) in [6, 6.07) is 1.31. The first kappa shape index (κ1) is 11.6. The van der Waals surface area contributed by atoms with Gasteiger partial charge in [0.05, 0.1) is 38.0 Å². The minimum absolute atomic E-state index is 0.400. The molecular weight excluding hydrogens is 230 g/mol. The Morgan fingerprint density at radius 1 is 1.00 bits per heavy atom. The number of fused-ring (bicyclic) bond motifs is 2. The molecule has 5 heteroatoms. The molecule has 4 rings (SSSR count). The molecule has 0 radical (unpaired) electrons. The Labute approximate surface area is 109 Å².